The summed E-state index contributed by atoms with van der Waals surface area (Å²) in [6.45, 7) is 0.597. The summed E-state index contributed by atoms with van der Waals surface area (Å²) < 4.78 is 64.6. The molecule has 4 rings (SSSR count). The summed E-state index contributed by atoms with van der Waals surface area (Å²) in [5, 5.41) is 2.96. The monoisotopic (exact) mass is 543 g/mol. The molecule has 2 heterocycles. The molecule has 2 aromatic carbocycles. The lowest BCUT2D eigenvalue weighted by atomic mass is 10.2. The van der Waals surface area contributed by atoms with Crippen molar-refractivity contribution in [2.24, 2.45) is 0 Å². The maximum atomic E-state index is 13.1. The Morgan fingerprint density at radius 1 is 1.09 bits per heavy atom. The number of hydrogen-bond acceptors (Lipinski definition) is 7. The Hall–Kier alpha value is -2.54. The van der Waals surface area contributed by atoms with Crippen molar-refractivity contribution in [3.05, 3.63) is 41.4 Å². The Kier molecular flexibility index (Phi) is 7.18. The molecule has 0 unspecified atom stereocenters. The summed E-state index contributed by atoms with van der Waals surface area (Å²) in [4.78, 5) is 13.2. The van der Waals surface area contributed by atoms with Crippen LogP contribution in [0.2, 0.25) is 5.02 Å². The molecule has 0 radical (unpaired) electrons. The number of halogens is 1. The van der Waals surface area contributed by atoms with Crippen LogP contribution in [0.25, 0.3) is 0 Å². The second-order valence-electron chi connectivity index (χ2n) is 8.33. The summed E-state index contributed by atoms with van der Waals surface area (Å²) >= 11 is 6.02. The van der Waals surface area contributed by atoms with E-state index < -0.39 is 32.1 Å². The van der Waals surface area contributed by atoms with Crippen molar-refractivity contribution < 1.29 is 31.1 Å². The third kappa shape index (κ3) is 5.35. The molecule has 10 nitrogen and oxygen atoms in total. The Bertz CT molecular complexity index is 1340. The van der Waals surface area contributed by atoms with E-state index in [9.17, 15) is 21.6 Å². The number of nitrogens with zero attached hydrogens (tertiary/aromatic N) is 2. The quantitative estimate of drug-likeness (QED) is 0.594. The highest BCUT2D eigenvalue weighted by molar-refractivity contribution is 7.92. The van der Waals surface area contributed by atoms with Gasteiger partial charge in [-0.15, -0.1) is 0 Å². The molecule has 0 spiro atoms. The first kappa shape index (κ1) is 25.5. The first-order valence-corrected chi connectivity index (χ1v) is 14.6. The van der Waals surface area contributed by atoms with Crippen LogP contribution in [0.3, 0.4) is 0 Å². The number of fused-ring (bicyclic) bond motifs is 1. The van der Waals surface area contributed by atoms with Gasteiger partial charge in [-0.25, -0.2) is 16.8 Å². The molecule has 35 heavy (non-hydrogen) atoms. The summed E-state index contributed by atoms with van der Waals surface area (Å²) in [5.74, 6) is -0.233. The molecule has 0 aromatic heterocycles. The minimum absolute atomic E-state index is 0.0258. The molecule has 2 aliphatic rings. The van der Waals surface area contributed by atoms with Crippen molar-refractivity contribution in [2.45, 2.75) is 30.3 Å². The first-order chi connectivity index (χ1) is 16.5. The maximum absolute atomic E-state index is 13.1. The molecule has 1 amide bonds. The highest BCUT2D eigenvalue weighted by Gasteiger charge is 2.36. The molecule has 2 aliphatic heterocycles. The average Bonchev–Trinajstić information content (AvgIpc) is 2.83. The van der Waals surface area contributed by atoms with Gasteiger partial charge in [-0.2, -0.15) is 4.31 Å². The predicted molar refractivity (Wildman–Crippen MR) is 132 cm³/mol. The number of amides is 1. The van der Waals surface area contributed by atoms with E-state index in [1.807, 2.05) is 0 Å². The minimum Gasteiger partial charge on any atom is -0.495 e. The standard InChI is InChI=1S/C22H26ClN3O7S2/c1-32-19-9-7-16(35(30,31)25-10-4-3-5-11-25)13-17(19)24-22(27)21-14-26(34(2,28)29)18-12-15(23)6-8-20(18)33-21/h6-9,12-13,21H,3-5,10-11,14H2,1-2H3,(H,24,27)/t21-/m0/s1. The van der Waals surface area contributed by atoms with E-state index in [2.05, 4.69) is 5.32 Å². The van der Waals surface area contributed by atoms with Gasteiger partial charge in [0.05, 0.1) is 36.2 Å². The van der Waals surface area contributed by atoms with Gasteiger partial charge in [0, 0.05) is 18.1 Å². The van der Waals surface area contributed by atoms with Gasteiger partial charge in [0.1, 0.15) is 11.5 Å². The van der Waals surface area contributed by atoms with E-state index in [0.717, 1.165) is 29.8 Å². The number of nitrogens with one attached hydrogen (secondary N) is 1. The molecule has 1 atom stereocenters. The zero-order chi connectivity index (χ0) is 25.4. The van der Waals surface area contributed by atoms with Crippen LogP contribution >= 0.6 is 11.6 Å². The molecular formula is C22H26ClN3O7S2. The number of carbonyl (C=O) groups is 1. The number of ether oxygens (including phenoxy) is 2. The molecule has 1 saturated heterocycles. The van der Waals surface area contributed by atoms with Crippen molar-refractivity contribution in [2.75, 3.05) is 42.6 Å². The van der Waals surface area contributed by atoms with Crippen LogP contribution in [0.4, 0.5) is 11.4 Å². The van der Waals surface area contributed by atoms with Gasteiger partial charge in [0.25, 0.3) is 5.91 Å². The summed E-state index contributed by atoms with van der Waals surface area (Å²) in [6, 6.07) is 8.70. The summed E-state index contributed by atoms with van der Waals surface area (Å²) in [7, 11) is -6.09. The van der Waals surface area contributed by atoms with Gasteiger partial charge in [-0.05, 0) is 49.2 Å². The van der Waals surface area contributed by atoms with Crippen molar-refractivity contribution in [1.29, 1.82) is 0 Å². The van der Waals surface area contributed by atoms with E-state index in [1.165, 1.54) is 47.8 Å². The van der Waals surface area contributed by atoms with E-state index in [0.29, 0.717) is 18.1 Å². The normalized spacial score (nSPS) is 18.9. The second kappa shape index (κ2) is 9.84. The summed E-state index contributed by atoms with van der Waals surface area (Å²) in [5.41, 5.74) is 0.364. The number of methoxy groups -OCH3 is 1. The van der Waals surface area contributed by atoms with E-state index in [1.54, 1.807) is 0 Å². The smallest absolute Gasteiger partial charge is 0.267 e. The number of sulfonamides is 2. The first-order valence-electron chi connectivity index (χ1n) is 10.9. The van der Waals surface area contributed by atoms with Gasteiger partial charge < -0.3 is 14.8 Å². The largest absolute Gasteiger partial charge is 0.495 e. The Labute approximate surface area is 209 Å². The molecular weight excluding hydrogens is 518 g/mol. The van der Waals surface area contributed by atoms with Gasteiger partial charge in [0.2, 0.25) is 20.0 Å². The fourth-order valence-electron chi connectivity index (χ4n) is 4.09. The zero-order valence-corrected chi connectivity index (χ0v) is 21.6. The number of carbonyl (C=O) groups excluding carboxylic acids is 1. The highest BCUT2D eigenvalue weighted by atomic mass is 35.5. The van der Waals surface area contributed by atoms with Crippen molar-refractivity contribution >= 4 is 48.9 Å². The predicted octanol–water partition coefficient (Wildman–Crippen LogP) is 2.69. The second-order valence-corrected chi connectivity index (χ2v) is 12.6. The van der Waals surface area contributed by atoms with Gasteiger partial charge in [0.15, 0.2) is 6.10 Å². The van der Waals surface area contributed by atoms with Crippen LogP contribution in [0, 0.1) is 0 Å². The van der Waals surface area contributed by atoms with Crippen LogP contribution < -0.4 is 19.1 Å². The fraction of sp³-hybridized carbons (Fsp3) is 0.409. The molecule has 13 heteroatoms. The Morgan fingerprint density at radius 3 is 2.46 bits per heavy atom. The molecule has 190 valence electrons. The number of benzene rings is 2. The molecule has 1 N–H and O–H groups in total. The van der Waals surface area contributed by atoms with Crippen molar-refractivity contribution in [3.63, 3.8) is 0 Å². The van der Waals surface area contributed by atoms with Crippen LogP contribution in [0.5, 0.6) is 11.5 Å². The lowest BCUT2D eigenvalue weighted by molar-refractivity contribution is -0.122. The molecule has 1 fully saturated rings. The number of rotatable bonds is 6. The molecule has 2 aromatic rings. The minimum atomic E-state index is -3.75. The van der Waals surface area contributed by atoms with Crippen LogP contribution in [-0.4, -0.2) is 66.2 Å². The lowest BCUT2D eigenvalue weighted by Gasteiger charge is -2.34. The number of piperidine rings is 1. The third-order valence-electron chi connectivity index (χ3n) is 5.86. The van der Waals surface area contributed by atoms with Crippen molar-refractivity contribution in [3.8, 4) is 11.5 Å². The number of anilines is 2. The Balaban J connectivity index is 1.62. The SMILES string of the molecule is COc1ccc(S(=O)(=O)N2CCCCC2)cc1NC(=O)[C@@H]1CN(S(C)(=O)=O)c2cc(Cl)ccc2O1. The lowest BCUT2D eigenvalue weighted by Crippen LogP contribution is -2.48. The van der Waals surface area contributed by atoms with Crippen LogP contribution in [-0.2, 0) is 24.8 Å². The Morgan fingerprint density at radius 2 is 1.80 bits per heavy atom. The van der Waals surface area contributed by atoms with Gasteiger partial charge in [-0.3, -0.25) is 9.10 Å². The highest BCUT2D eigenvalue weighted by Crippen LogP contribution is 2.37. The van der Waals surface area contributed by atoms with E-state index in [-0.39, 0.29) is 34.3 Å². The fourth-order valence-corrected chi connectivity index (χ4v) is 6.70. The number of hydrogen-bond donors (Lipinski definition) is 1. The van der Waals surface area contributed by atoms with Crippen molar-refractivity contribution in [1.82, 2.24) is 4.31 Å². The van der Waals surface area contributed by atoms with E-state index in [4.69, 9.17) is 21.1 Å². The average molecular weight is 544 g/mol. The van der Waals surface area contributed by atoms with Gasteiger partial charge >= 0.3 is 0 Å². The molecule has 0 saturated carbocycles. The third-order valence-corrected chi connectivity index (χ3v) is 9.14. The van der Waals surface area contributed by atoms with Gasteiger partial charge in [-0.1, -0.05) is 18.0 Å². The van der Waals surface area contributed by atoms with Crippen LogP contribution in [0.15, 0.2) is 41.3 Å². The molecule has 0 bridgehead atoms. The van der Waals surface area contributed by atoms with Crippen LogP contribution in [0.1, 0.15) is 19.3 Å². The van der Waals surface area contributed by atoms with E-state index >= 15 is 0 Å². The summed E-state index contributed by atoms with van der Waals surface area (Å²) in [6.07, 6.45) is 2.39. The zero-order valence-electron chi connectivity index (χ0n) is 19.2. The maximum Gasteiger partial charge on any atom is 0.267 e. The molecule has 0 aliphatic carbocycles. The topological polar surface area (TPSA) is 122 Å².